The lowest BCUT2D eigenvalue weighted by atomic mass is 10.1. The molecule has 4 heteroatoms. The molecule has 2 unspecified atom stereocenters. The predicted octanol–water partition coefficient (Wildman–Crippen LogP) is 1.11. The van der Waals surface area contributed by atoms with Crippen molar-refractivity contribution in [3.63, 3.8) is 0 Å². The minimum absolute atomic E-state index is 0.639. The molecule has 0 N–H and O–H groups in total. The molecule has 1 aromatic rings. The van der Waals surface area contributed by atoms with Gasteiger partial charge in [0.15, 0.2) is 0 Å². The Morgan fingerprint density at radius 2 is 2.40 bits per heavy atom. The summed E-state index contributed by atoms with van der Waals surface area (Å²) in [5, 5.41) is 8.08. The highest BCUT2D eigenvalue weighted by molar-refractivity contribution is 5.09. The molecule has 0 radical (unpaired) electrons. The Balaban J connectivity index is 1.79. The van der Waals surface area contributed by atoms with Crippen LogP contribution < -0.4 is 0 Å². The summed E-state index contributed by atoms with van der Waals surface area (Å²) in [4.78, 5) is 2.56. The molecule has 3 rings (SSSR count). The van der Waals surface area contributed by atoms with E-state index < -0.39 is 0 Å². The van der Waals surface area contributed by atoms with Gasteiger partial charge in [-0.25, -0.2) is 0 Å². The van der Waals surface area contributed by atoms with Crippen molar-refractivity contribution in [1.29, 1.82) is 0 Å². The summed E-state index contributed by atoms with van der Waals surface area (Å²) in [6.07, 6.45) is 10.3. The van der Waals surface area contributed by atoms with Gasteiger partial charge < -0.3 is 4.57 Å². The van der Waals surface area contributed by atoms with E-state index in [1.54, 1.807) is 6.33 Å². The van der Waals surface area contributed by atoms with Gasteiger partial charge in [0.25, 0.3) is 0 Å². The number of hydrogen-bond donors (Lipinski definition) is 0. The van der Waals surface area contributed by atoms with Crippen LogP contribution in [0.3, 0.4) is 0 Å². The molecule has 1 fully saturated rings. The van der Waals surface area contributed by atoms with Crippen molar-refractivity contribution in [2.24, 2.45) is 7.05 Å². The lowest BCUT2D eigenvalue weighted by molar-refractivity contribution is 0.193. The molecule has 1 aromatic heterocycles. The molecule has 2 atom stereocenters. The number of aromatic nitrogens is 3. The maximum Gasteiger partial charge on any atom is 0.146 e. The molecule has 0 aliphatic carbocycles. The summed E-state index contributed by atoms with van der Waals surface area (Å²) in [6.45, 7) is 0.941. The zero-order valence-electron chi connectivity index (χ0n) is 9.00. The Labute approximate surface area is 89.6 Å². The van der Waals surface area contributed by atoms with Gasteiger partial charge in [-0.15, -0.1) is 10.2 Å². The van der Waals surface area contributed by atoms with Gasteiger partial charge in [-0.3, -0.25) is 4.90 Å². The highest BCUT2D eigenvalue weighted by atomic mass is 15.3. The first-order chi connectivity index (χ1) is 7.34. The average Bonchev–Trinajstić information content (AvgIpc) is 2.71. The maximum absolute atomic E-state index is 4.15. The Hall–Kier alpha value is -1.16. The Morgan fingerprint density at radius 3 is 3.13 bits per heavy atom. The van der Waals surface area contributed by atoms with Gasteiger partial charge in [-0.05, 0) is 19.3 Å². The van der Waals surface area contributed by atoms with E-state index in [9.17, 15) is 0 Å². The molecule has 2 aliphatic rings. The first-order valence-corrected chi connectivity index (χ1v) is 5.60. The van der Waals surface area contributed by atoms with Crippen molar-refractivity contribution in [3.8, 4) is 0 Å². The SMILES string of the molecule is Cn1cnnc1CN1C2C=CCC1CC2. The highest BCUT2D eigenvalue weighted by Gasteiger charge is 2.34. The van der Waals surface area contributed by atoms with Crippen LogP contribution in [-0.4, -0.2) is 31.7 Å². The summed E-state index contributed by atoms with van der Waals surface area (Å²) < 4.78 is 2.01. The molecule has 15 heavy (non-hydrogen) atoms. The van der Waals surface area contributed by atoms with Crippen LogP contribution >= 0.6 is 0 Å². The largest absolute Gasteiger partial charge is 0.320 e. The highest BCUT2D eigenvalue weighted by Crippen LogP contribution is 2.32. The normalized spacial score (nSPS) is 29.9. The second-order valence-electron chi connectivity index (χ2n) is 4.49. The first-order valence-electron chi connectivity index (χ1n) is 5.60. The van der Waals surface area contributed by atoms with Gasteiger partial charge in [0.1, 0.15) is 12.2 Å². The van der Waals surface area contributed by atoms with E-state index >= 15 is 0 Å². The molecule has 2 bridgehead atoms. The quantitative estimate of drug-likeness (QED) is 0.677. The first kappa shape index (κ1) is 9.09. The second kappa shape index (κ2) is 3.45. The van der Waals surface area contributed by atoms with Crippen LogP contribution in [0.15, 0.2) is 18.5 Å². The van der Waals surface area contributed by atoms with Gasteiger partial charge in [0.2, 0.25) is 0 Å². The molecular weight excluding hydrogens is 188 g/mol. The number of nitrogens with zero attached hydrogens (tertiary/aromatic N) is 4. The monoisotopic (exact) mass is 204 g/mol. The third kappa shape index (κ3) is 1.49. The van der Waals surface area contributed by atoms with E-state index in [1.807, 2.05) is 11.6 Å². The number of fused-ring (bicyclic) bond motifs is 2. The van der Waals surface area contributed by atoms with Gasteiger partial charge >= 0.3 is 0 Å². The van der Waals surface area contributed by atoms with Gasteiger partial charge in [0.05, 0.1) is 6.54 Å². The number of aryl methyl sites for hydroxylation is 1. The van der Waals surface area contributed by atoms with Crippen molar-refractivity contribution in [2.45, 2.75) is 37.9 Å². The van der Waals surface area contributed by atoms with E-state index in [4.69, 9.17) is 0 Å². The average molecular weight is 204 g/mol. The van der Waals surface area contributed by atoms with Crippen LogP contribution in [0, 0.1) is 0 Å². The van der Waals surface area contributed by atoms with Crippen molar-refractivity contribution < 1.29 is 0 Å². The van der Waals surface area contributed by atoms with Crippen LogP contribution in [0.1, 0.15) is 25.1 Å². The second-order valence-corrected chi connectivity index (χ2v) is 4.49. The predicted molar refractivity (Wildman–Crippen MR) is 57.1 cm³/mol. The van der Waals surface area contributed by atoms with Gasteiger partial charge in [-0.2, -0.15) is 0 Å². The molecule has 0 amide bonds. The smallest absolute Gasteiger partial charge is 0.146 e. The zero-order chi connectivity index (χ0) is 10.3. The minimum atomic E-state index is 0.639. The Morgan fingerprint density at radius 1 is 1.47 bits per heavy atom. The molecule has 0 spiro atoms. The molecule has 80 valence electrons. The molecular formula is C11H16N4. The van der Waals surface area contributed by atoms with E-state index in [-0.39, 0.29) is 0 Å². The van der Waals surface area contributed by atoms with E-state index in [0.29, 0.717) is 6.04 Å². The molecule has 0 saturated carbocycles. The van der Waals surface area contributed by atoms with Crippen molar-refractivity contribution >= 4 is 0 Å². The van der Waals surface area contributed by atoms with Crippen molar-refractivity contribution in [2.75, 3.05) is 0 Å². The maximum atomic E-state index is 4.15. The molecule has 1 saturated heterocycles. The summed E-state index contributed by atoms with van der Waals surface area (Å²) in [7, 11) is 2.01. The van der Waals surface area contributed by atoms with Gasteiger partial charge in [-0.1, -0.05) is 12.2 Å². The standard InChI is InChI=1S/C11H16N4/c1-14-8-12-13-11(14)7-15-9-3-2-4-10(15)6-5-9/h2-3,8-10H,4-7H2,1H3. The van der Waals surface area contributed by atoms with E-state index in [0.717, 1.165) is 18.4 Å². The van der Waals surface area contributed by atoms with Crippen LogP contribution in [0.25, 0.3) is 0 Å². The van der Waals surface area contributed by atoms with Crippen LogP contribution in [0.4, 0.5) is 0 Å². The summed E-state index contributed by atoms with van der Waals surface area (Å²) in [5.41, 5.74) is 0. The third-order valence-electron chi connectivity index (χ3n) is 3.59. The summed E-state index contributed by atoms with van der Waals surface area (Å²) in [5.74, 6) is 1.07. The fourth-order valence-electron chi connectivity index (χ4n) is 2.68. The summed E-state index contributed by atoms with van der Waals surface area (Å²) >= 11 is 0. The van der Waals surface area contributed by atoms with Gasteiger partial charge in [0, 0.05) is 19.1 Å². The Kier molecular flexibility index (Phi) is 2.09. The lowest BCUT2D eigenvalue weighted by Gasteiger charge is -2.30. The zero-order valence-corrected chi connectivity index (χ0v) is 9.00. The van der Waals surface area contributed by atoms with Crippen LogP contribution in [0.2, 0.25) is 0 Å². The number of hydrogen-bond acceptors (Lipinski definition) is 3. The third-order valence-corrected chi connectivity index (χ3v) is 3.59. The molecule has 4 nitrogen and oxygen atoms in total. The van der Waals surface area contributed by atoms with Crippen molar-refractivity contribution in [3.05, 3.63) is 24.3 Å². The number of rotatable bonds is 2. The minimum Gasteiger partial charge on any atom is -0.320 e. The van der Waals surface area contributed by atoms with E-state index in [2.05, 4.69) is 27.2 Å². The topological polar surface area (TPSA) is 34.0 Å². The Bertz CT molecular complexity index is 382. The lowest BCUT2D eigenvalue weighted by Crippen LogP contribution is -2.37. The van der Waals surface area contributed by atoms with Crippen molar-refractivity contribution in [1.82, 2.24) is 19.7 Å². The fraction of sp³-hybridized carbons (Fsp3) is 0.636. The summed E-state index contributed by atoms with van der Waals surface area (Å²) in [6, 6.07) is 1.37. The van der Waals surface area contributed by atoms with Crippen LogP contribution in [0.5, 0.6) is 0 Å². The molecule has 2 aliphatic heterocycles. The molecule has 0 aromatic carbocycles. The van der Waals surface area contributed by atoms with E-state index in [1.165, 1.54) is 19.3 Å². The van der Waals surface area contributed by atoms with Crippen LogP contribution in [-0.2, 0) is 13.6 Å². The molecule has 3 heterocycles. The fourth-order valence-corrected chi connectivity index (χ4v) is 2.68.